The van der Waals surface area contributed by atoms with Crippen LogP contribution in [0.4, 0.5) is 0 Å². The molecule has 0 aromatic carbocycles. The Morgan fingerprint density at radius 2 is 2.12 bits per heavy atom. The van der Waals surface area contributed by atoms with E-state index in [4.69, 9.17) is 27.9 Å². The molecular weight excluding hydrogens is 261 g/mol. The average molecular weight is 272 g/mol. The Hall–Kier alpha value is -1.26. The molecule has 0 atom stereocenters. The number of rotatable bonds is 3. The third-order valence-corrected chi connectivity index (χ3v) is 3.05. The van der Waals surface area contributed by atoms with E-state index in [0.29, 0.717) is 22.7 Å². The Bertz CT molecular complexity index is 522. The molecule has 0 aliphatic heterocycles. The van der Waals surface area contributed by atoms with Crippen molar-refractivity contribution in [2.45, 2.75) is 13.5 Å². The van der Waals surface area contributed by atoms with Gasteiger partial charge < -0.3 is 4.74 Å². The molecule has 0 aliphatic rings. The molecule has 2 rings (SSSR count). The van der Waals surface area contributed by atoms with Crippen LogP contribution >= 0.6 is 23.2 Å². The average Bonchev–Trinajstić information content (AvgIpc) is 2.54. The van der Waals surface area contributed by atoms with Crippen LogP contribution in [0, 0.1) is 6.92 Å². The monoisotopic (exact) mass is 271 g/mol. The second-order valence-corrected chi connectivity index (χ2v) is 4.33. The van der Waals surface area contributed by atoms with Crippen LogP contribution in [0.15, 0.2) is 18.3 Å². The Labute approximate surface area is 109 Å². The van der Waals surface area contributed by atoms with Crippen LogP contribution in [0.3, 0.4) is 0 Å². The number of aromatic nitrogens is 3. The lowest BCUT2D eigenvalue weighted by Gasteiger charge is -2.05. The molecule has 0 radical (unpaired) electrons. The van der Waals surface area contributed by atoms with Crippen molar-refractivity contribution in [3.8, 4) is 5.75 Å². The van der Waals surface area contributed by atoms with E-state index < -0.39 is 0 Å². The zero-order valence-corrected chi connectivity index (χ0v) is 11.0. The van der Waals surface area contributed by atoms with Gasteiger partial charge in [-0.3, -0.25) is 4.68 Å². The number of hydrogen-bond acceptors (Lipinski definition) is 3. The van der Waals surface area contributed by atoms with Gasteiger partial charge in [-0.1, -0.05) is 23.2 Å². The van der Waals surface area contributed by atoms with Gasteiger partial charge in [-0.15, -0.1) is 0 Å². The largest absolute Gasteiger partial charge is 0.487 e. The van der Waals surface area contributed by atoms with Gasteiger partial charge in [-0.05, 0) is 19.1 Å². The lowest BCUT2D eigenvalue weighted by molar-refractivity contribution is 0.304. The van der Waals surface area contributed by atoms with Gasteiger partial charge in [0.1, 0.15) is 22.7 Å². The van der Waals surface area contributed by atoms with Crippen LogP contribution in [0.25, 0.3) is 0 Å². The highest BCUT2D eigenvalue weighted by atomic mass is 35.5. The molecule has 0 saturated carbocycles. The molecule has 6 heteroatoms. The number of pyridine rings is 1. The maximum absolute atomic E-state index is 6.09. The summed E-state index contributed by atoms with van der Waals surface area (Å²) in [6, 6.07) is 3.43. The van der Waals surface area contributed by atoms with E-state index in [-0.39, 0.29) is 0 Å². The van der Waals surface area contributed by atoms with Crippen LogP contribution in [0.5, 0.6) is 5.75 Å². The predicted octanol–water partition coefficient (Wildman–Crippen LogP) is 3.01. The van der Waals surface area contributed by atoms with Crippen molar-refractivity contribution in [1.82, 2.24) is 14.8 Å². The minimum Gasteiger partial charge on any atom is -0.487 e. The van der Waals surface area contributed by atoms with Crippen LogP contribution in [0.1, 0.15) is 11.3 Å². The number of hydrogen-bond donors (Lipinski definition) is 0. The summed E-state index contributed by atoms with van der Waals surface area (Å²) in [5.41, 5.74) is 1.74. The molecule has 0 fully saturated rings. The number of aryl methyl sites for hydroxylation is 2. The van der Waals surface area contributed by atoms with Crippen molar-refractivity contribution >= 4 is 23.2 Å². The zero-order valence-electron chi connectivity index (χ0n) is 9.44. The quantitative estimate of drug-likeness (QED) is 0.806. The Kier molecular flexibility index (Phi) is 3.54. The fourth-order valence-electron chi connectivity index (χ4n) is 1.44. The van der Waals surface area contributed by atoms with E-state index in [9.17, 15) is 0 Å². The first kappa shape index (κ1) is 12.2. The van der Waals surface area contributed by atoms with Gasteiger partial charge in [0.2, 0.25) is 0 Å². The predicted molar refractivity (Wildman–Crippen MR) is 66.5 cm³/mol. The van der Waals surface area contributed by atoms with Gasteiger partial charge in [0.15, 0.2) is 0 Å². The smallest absolute Gasteiger partial charge is 0.138 e. The fraction of sp³-hybridized carbons (Fsp3) is 0.273. The van der Waals surface area contributed by atoms with Gasteiger partial charge in [0, 0.05) is 12.6 Å². The molecule has 2 aromatic rings. The van der Waals surface area contributed by atoms with Gasteiger partial charge in [-0.25, -0.2) is 4.98 Å². The number of ether oxygens (including phenoxy) is 1. The van der Waals surface area contributed by atoms with Crippen molar-refractivity contribution < 1.29 is 4.74 Å². The SMILES string of the molecule is Cc1nn(C)c(Cl)c1COc1ccc(Cl)nc1. The topological polar surface area (TPSA) is 39.9 Å². The maximum atomic E-state index is 6.09. The highest BCUT2D eigenvalue weighted by molar-refractivity contribution is 6.30. The molecule has 0 spiro atoms. The molecule has 0 N–H and O–H groups in total. The molecule has 0 unspecified atom stereocenters. The summed E-state index contributed by atoms with van der Waals surface area (Å²) in [6.07, 6.45) is 1.57. The maximum Gasteiger partial charge on any atom is 0.138 e. The standard InChI is InChI=1S/C11H11Cl2N3O/c1-7-9(11(13)16(2)15-7)6-17-8-3-4-10(12)14-5-8/h3-5H,6H2,1-2H3. The van der Waals surface area contributed by atoms with Crippen LogP contribution in [-0.4, -0.2) is 14.8 Å². The van der Waals surface area contributed by atoms with Gasteiger partial charge in [0.25, 0.3) is 0 Å². The molecule has 2 heterocycles. The van der Waals surface area contributed by atoms with E-state index in [0.717, 1.165) is 11.3 Å². The minimum absolute atomic E-state index is 0.363. The van der Waals surface area contributed by atoms with Crippen LogP contribution < -0.4 is 4.74 Å². The van der Waals surface area contributed by atoms with Crippen LogP contribution in [0.2, 0.25) is 10.3 Å². The Morgan fingerprint density at radius 3 is 2.65 bits per heavy atom. The van der Waals surface area contributed by atoms with Crippen molar-refractivity contribution in [2.24, 2.45) is 7.05 Å². The van der Waals surface area contributed by atoms with Crippen molar-refractivity contribution in [1.29, 1.82) is 0 Å². The molecule has 0 amide bonds. The summed E-state index contributed by atoms with van der Waals surface area (Å²) in [5.74, 6) is 0.647. The highest BCUT2D eigenvalue weighted by Gasteiger charge is 2.11. The summed E-state index contributed by atoms with van der Waals surface area (Å²) >= 11 is 11.8. The molecule has 2 aromatic heterocycles. The van der Waals surface area contributed by atoms with E-state index in [1.165, 1.54) is 0 Å². The summed E-state index contributed by atoms with van der Waals surface area (Å²) < 4.78 is 7.18. The molecule has 0 saturated heterocycles. The zero-order chi connectivity index (χ0) is 12.4. The van der Waals surface area contributed by atoms with Crippen molar-refractivity contribution in [3.63, 3.8) is 0 Å². The van der Waals surface area contributed by atoms with E-state index >= 15 is 0 Å². The fourth-order valence-corrected chi connectivity index (χ4v) is 1.78. The van der Waals surface area contributed by atoms with Crippen LogP contribution in [-0.2, 0) is 13.7 Å². The molecule has 4 nitrogen and oxygen atoms in total. The Balaban J connectivity index is 2.09. The first-order valence-electron chi connectivity index (χ1n) is 5.00. The number of nitrogens with zero attached hydrogens (tertiary/aromatic N) is 3. The summed E-state index contributed by atoms with van der Waals surface area (Å²) in [7, 11) is 1.79. The minimum atomic E-state index is 0.363. The third-order valence-electron chi connectivity index (χ3n) is 2.35. The van der Waals surface area contributed by atoms with E-state index in [2.05, 4.69) is 10.1 Å². The van der Waals surface area contributed by atoms with Crippen molar-refractivity contribution in [2.75, 3.05) is 0 Å². The second kappa shape index (κ2) is 4.94. The molecule has 90 valence electrons. The molecule has 0 bridgehead atoms. The third kappa shape index (κ3) is 2.70. The first-order chi connectivity index (χ1) is 8.08. The lowest BCUT2D eigenvalue weighted by atomic mass is 10.3. The van der Waals surface area contributed by atoms with Gasteiger partial charge >= 0.3 is 0 Å². The number of halogens is 2. The molecule has 17 heavy (non-hydrogen) atoms. The summed E-state index contributed by atoms with van der Waals surface area (Å²) in [4.78, 5) is 3.93. The lowest BCUT2D eigenvalue weighted by Crippen LogP contribution is -1.97. The summed E-state index contributed by atoms with van der Waals surface area (Å²) in [6.45, 7) is 2.26. The molecular formula is C11H11Cl2N3O. The van der Waals surface area contributed by atoms with E-state index in [1.807, 2.05) is 6.92 Å². The normalized spacial score (nSPS) is 10.6. The van der Waals surface area contributed by atoms with Crippen molar-refractivity contribution in [3.05, 3.63) is 39.9 Å². The molecule has 0 aliphatic carbocycles. The van der Waals surface area contributed by atoms with E-state index in [1.54, 1.807) is 30.1 Å². The highest BCUT2D eigenvalue weighted by Crippen LogP contribution is 2.21. The summed E-state index contributed by atoms with van der Waals surface area (Å²) in [5, 5.41) is 5.23. The second-order valence-electron chi connectivity index (χ2n) is 3.58. The van der Waals surface area contributed by atoms with Gasteiger partial charge in [0.05, 0.1) is 11.9 Å². The Morgan fingerprint density at radius 1 is 1.35 bits per heavy atom. The first-order valence-corrected chi connectivity index (χ1v) is 5.76. The van der Waals surface area contributed by atoms with Gasteiger partial charge in [-0.2, -0.15) is 5.10 Å².